The minimum atomic E-state index is 0.180. The zero-order valence-corrected chi connectivity index (χ0v) is 9.11. The lowest BCUT2D eigenvalue weighted by atomic mass is 9.84. The van der Waals surface area contributed by atoms with E-state index in [-0.39, 0.29) is 12.5 Å². The molecule has 86 valence electrons. The molecule has 2 fully saturated rings. The molecule has 2 N–H and O–H groups in total. The van der Waals surface area contributed by atoms with E-state index in [9.17, 15) is 4.79 Å². The normalized spacial score (nSPS) is 31.5. The Labute approximate surface area is 90.6 Å². The van der Waals surface area contributed by atoms with Gasteiger partial charge in [0.05, 0.1) is 0 Å². The van der Waals surface area contributed by atoms with Crippen LogP contribution in [0.2, 0.25) is 0 Å². The van der Waals surface area contributed by atoms with Gasteiger partial charge in [0.2, 0.25) is 5.91 Å². The summed E-state index contributed by atoms with van der Waals surface area (Å²) in [4.78, 5) is 13.8. The summed E-state index contributed by atoms with van der Waals surface area (Å²) in [5, 5.41) is 12.2. The maximum atomic E-state index is 11.8. The van der Waals surface area contributed by atoms with Crippen molar-refractivity contribution in [2.75, 3.05) is 26.2 Å². The maximum Gasteiger partial charge on any atom is 0.222 e. The number of aliphatic hydroxyl groups excluding tert-OH is 1. The molecule has 0 radical (unpaired) electrons. The van der Waals surface area contributed by atoms with Gasteiger partial charge in [-0.2, -0.15) is 0 Å². The first-order valence-corrected chi connectivity index (χ1v) is 5.94. The Kier molecular flexibility index (Phi) is 3.59. The van der Waals surface area contributed by atoms with Gasteiger partial charge in [-0.1, -0.05) is 0 Å². The number of amides is 1. The molecule has 0 aromatic heterocycles. The Bertz CT molecular complexity index is 233. The van der Waals surface area contributed by atoms with Crippen LogP contribution in [0, 0.1) is 5.92 Å². The summed E-state index contributed by atoms with van der Waals surface area (Å²) < 4.78 is 0. The van der Waals surface area contributed by atoms with Crippen molar-refractivity contribution in [3.05, 3.63) is 0 Å². The fourth-order valence-electron chi connectivity index (χ4n) is 2.78. The molecular formula is C11H20N2O2. The predicted molar refractivity (Wildman–Crippen MR) is 57.4 cm³/mol. The predicted octanol–water partition coefficient (Wildman–Crippen LogP) is -0.0307. The number of carbonyl (C=O) groups is 1. The fraction of sp³-hybridized carbons (Fsp3) is 0.909. The number of hydrogen-bond donors (Lipinski definition) is 2. The van der Waals surface area contributed by atoms with Crippen molar-refractivity contribution in [1.29, 1.82) is 0 Å². The standard InChI is InChI=1S/C11H20N2O2/c14-7-1-6-13-10-4-5-12-8-9(10)2-3-11(13)15/h9-10,12,14H,1-8H2/t9-,10+/m1/s1. The van der Waals surface area contributed by atoms with Crippen LogP contribution in [0.15, 0.2) is 0 Å². The number of fused-ring (bicyclic) bond motifs is 1. The van der Waals surface area contributed by atoms with Gasteiger partial charge in [-0.05, 0) is 38.3 Å². The second-order valence-electron chi connectivity index (χ2n) is 4.52. The molecule has 0 aliphatic carbocycles. The van der Waals surface area contributed by atoms with E-state index in [1.54, 1.807) is 0 Å². The zero-order valence-electron chi connectivity index (χ0n) is 9.11. The van der Waals surface area contributed by atoms with Crippen molar-refractivity contribution < 1.29 is 9.90 Å². The molecule has 1 amide bonds. The number of likely N-dealkylation sites (tertiary alicyclic amines) is 1. The lowest BCUT2D eigenvalue weighted by molar-refractivity contribution is -0.139. The van der Waals surface area contributed by atoms with E-state index in [2.05, 4.69) is 5.32 Å². The van der Waals surface area contributed by atoms with E-state index in [1.807, 2.05) is 4.90 Å². The van der Waals surface area contributed by atoms with Crippen molar-refractivity contribution in [3.63, 3.8) is 0 Å². The van der Waals surface area contributed by atoms with Crippen LogP contribution in [0.1, 0.15) is 25.7 Å². The molecule has 0 aromatic carbocycles. The van der Waals surface area contributed by atoms with Crippen molar-refractivity contribution >= 4 is 5.91 Å². The van der Waals surface area contributed by atoms with Gasteiger partial charge in [0.15, 0.2) is 0 Å². The highest BCUT2D eigenvalue weighted by molar-refractivity contribution is 5.77. The van der Waals surface area contributed by atoms with Gasteiger partial charge < -0.3 is 15.3 Å². The molecule has 0 saturated carbocycles. The molecule has 0 aromatic rings. The lowest BCUT2D eigenvalue weighted by Crippen LogP contribution is -2.55. The van der Waals surface area contributed by atoms with Crippen LogP contribution in [-0.4, -0.2) is 48.2 Å². The molecule has 0 unspecified atom stereocenters. The summed E-state index contributed by atoms with van der Waals surface area (Å²) in [7, 11) is 0. The van der Waals surface area contributed by atoms with Crippen molar-refractivity contribution in [1.82, 2.24) is 10.2 Å². The average molecular weight is 212 g/mol. The topological polar surface area (TPSA) is 52.6 Å². The monoisotopic (exact) mass is 212 g/mol. The number of rotatable bonds is 3. The van der Waals surface area contributed by atoms with Crippen molar-refractivity contribution in [2.24, 2.45) is 5.92 Å². The second kappa shape index (κ2) is 4.94. The van der Waals surface area contributed by atoms with Gasteiger partial charge in [0, 0.05) is 25.6 Å². The first-order valence-electron chi connectivity index (χ1n) is 5.94. The number of aliphatic hydroxyl groups is 1. The molecule has 2 aliphatic rings. The van der Waals surface area contributed by atoms with Crippen LogP contribution in [0.25, 0.3) is 0 Å². The first-order chi connectivity index (χ1) is 7.33. The Hall–Kier alpha value is -0.610. The maximum absolute atomic E-state index is 11.8. The Morgan fingerprint density at radius 1 is 1.47 bits per heavy atom. The van der Waals surface area contributed by atoms with Gasteiger partial charge in [-0.15, -0.1) is 0 Å². The van der Waals surface area contributed by atoms with E-state index in [0.29, 0.717) is 24.8 Å². The minimum absolute atomic E-state index is 0.180. The third-order valence-electron chi connectivity index (χ3n) is 3.57. The van der Waals surface area contributed by atoms with Crippen LogP contribution in [0.3, 0.4) is 0 Å². The van der Waals surface area contributed by atoms with Crippen molar-refractivity contribution in [2.45, 2.75) is 31.7 Å². The van der Waals surface area contributed by atoms with Crippen LogP contribution in [0.5, 0.6) is 0 Å². The summed E-state index contributed by atoms with van der Waals surface area (Å²) in [5.41, 5.74) is 0. The lowest BCUT2D eigenvalue weighted by Gasteiger charge is -2.44. The molecule has 15 heavy (non-hydrogen) atoms. The number of hydrogen-bond acceptors (Lipinski definition) is 3. The first kappa shape index (κ1) is 10.9. The minimum Gasteiger partial charge on any atom is -0.396 e. The number of piperidine rings is 2. The van der Waals surface area contributed by atoms with Gasteiger partial charge >= 0.3 is 0 Å². The van der Waals surface area contributed by atoms with Gasteiger partial charge in [-0.25, -0.2) is 0 Å². The number of nitrogens with one attached hydrogen (secondary N) is 1. The Morgan fingerprint density at radius 2 is 2.33 bits per heavy atom. The third kappa shape index (κ3) is 2.32. The number of nitrogens with zero attached hydrogens (tertiary/aromatic N) is 1. The molecule has 2 rings (SSSR count). The van der Waals surface area contributed by atoms with E-state index < -0.39 is 0 Å². The van der Waals surface area contributed by atoms with E-state index in [1.165, 1.54) is 0 Å². The largest absolute Gasteiger partial charge is 0.396 e. The highest BCUT2D eigenvalue weighted by Gasteiger charge is 2.36. The third-order valence-corrected chi connectivity index (χ3v) is 3.57. The van der Waals surface area contributed by atoms with Crippen molar-refractivity contribution in [3.8, 4) is 0 Å². The summed E-state index contributed by atoms with van der Waals surface area (Å²) >= 11 is 0. The van der Waals surface area contributed by atoms with E-state index in [4.69, 9.17) is 5.11 Å². The van der Waals surface area contributed by atoms with E-state index >= 15 is 0 Å². The molecule has 2 saturated heterocycles. The molecule has 0 bridgehead atoms. The fourth-order valence-corrected chi connectivity index (χ4v) is 2.78. The molecule has 4 heteroatoms. The molecular weight excluding hydrogens is 192 g/mol. The summed E-state index contributed by atoms with van der Waals surface area (Å²) in [6.07, 6.45) is 3.50. The molecule has 0 spiro atoms. The molecule has 2 atom stereocenters. The smallest absolute Gasteiger partial charge is 0.222 e. The zero-order chi connectivity index (χ0) is 10.7. The van der Waals surface area contributed by atoms with E-state index in [0.717, 1.165) is 32.5 Å². The highest BCUT2D eigenvalue weighted by atomic mass is 16.3. The summed E-state index contributed by atoms with van der Waals surface area (Å²) in [6.45, 7) is 2.98. The molecule has 2 aliphatic heterocycles. The second-order valence-corrected chi connectivity index (χ2v) is 4.52. The Balaban J connectivity index is 1.99. The summed E-state index contributed by atoms with van der Waals surface area (Å²) in [6, 6.07) is 0.430. The van der Waals surface area contributed by atoms with Gasteiger partial charge in [0.1, 0.15) is 0 Å². The Morgan fingerprint density at radius 3 is 3.13 bits per heavy atom. The molecule has 2 heterocycles. The van der Waals surface area contributed by atoms with Crippen LogP contribution < -0.4 is 5.32 Å². The van der Waals surface area contributed by atoms with Gasteiger partial charge in [0.25, 0.3) is 0 Å². The average Bonchev–Trinajstić information content (AvgIpc) is 2.28. The van der Waals surface area contributed by atoms with Gasteiger partial charge in [-0.3, -0.25) is 4.79 Å². The quantitative estimate of drug-likeness (QED) is 0.690. The highest BCUT2D eigenvalue weighted by Crippen LogP contribution is 2.28. The number of carbonyl (C=O) groups excluding carboxylic acids is 1. The summed E-state index contributed by atoms with van der Waals surface area (Å²) in [5.74, 6) is 0.918. The van der Waals surface area contributed by atoms with Crippen LogP contribution in [-0.2, 0) is 4.79 Å². The van der Waals surface area contributed by atoms with Crippen LogP contribution in [0.4, 0.5) is 0 Å². The van der Waals surface area contributed by atoms with Crippen LogP contribution >= 0.6 is 0 Å². The SMILES string of the molecule is O=C1CC[C@@H]2CNCC[C@@H]2N1CCCO. The molecule has 4 nitrogen and oxygen atoms in total.